The molecule has 0 spiro atoms. The van der Waals surface area contributed by atoms with Crippen LogP contribution >= 0.6 is 0 Å². The van der Waals surface area contributed by atoms with Crippen molar-refractivity contribution in [1.82, 2.24) is 19.9 Å². The number of nitrogens with one attached hydrogen (secondary N) is 1. The van der Waals surface area contributed by atoms with E-state index in [-0.39, 0.29) is 5.92 Å². The molecule has 2 unspecified atom stereocenters. The van der Waals surface area contributed by atoms with Crippen LogP contribution in [0, 0.1) is 17.8 Å². The number of hydrogen-bond acceptors (Lipinski definition) is 4. The molecule has 0 radical (unpaired) electrons. The molecule has 2 aliphatic rings. The predicted octanol–water partition coefficient (Wildman–Crippen LogP) is 2.68. The maximum absolute atomic E-state index is 12.3. The van der Waals surface area contributed by atoms with Gasteiger partial charge in [0.1, 0.15) is 17.8 Å². The first-order valence-electron chi connectivity index (χ1n) is 9.34. The van der Waals surface area contributed by atoms with Crippen molar-refractivity contribution >= 4 is 22.8 Å². The molecular weight excluding hydrogens is 314 g/mol. The van der Waals surface area contributed by atoms with E-state index in [1.165, 1.54) is 6.42 Å². The summed E-state index contributed by atoms with van der Waals surface area (Å²) in [6.07, 6.45) is 7.02. The van der Waals surface area contributed by atoms with Crippen molar-refractivity contribution in [1.29, 1.82) is 0 Å². The molecule has 1 aliphatic heterocycles. The lowest BCUT2D eigenvalue weighted by Crippen LogP contribution is -2.43. The number of carbonyl (C=O) groups is 1. The van der Waals surface area contributed by atoms with Crippen LogP contribution in [0.5, 0.6) is 0 Å². The fraction of sp³-hybridized carbons (Fsp3) is 0.632. The monoisotopic (exact) mass is 341 g/mol. The first-order valence-corrected chi connectivity index (χ1v) is 9.34. The number of anilines is 1. The van der Waals surface area contributed by atoms with Gasteiger partial charge in [0.15, 0.2) is 0 Å². The summed E-state index contributed by atoms with van der Waals surface area (Å²) in [5.41, 5.74) is 0.890. The van der Waals surface area contributed by atoms with Crippen molar-refractivity contribution in [2.24, 2.45) is 17.8 Å². The van der Waals surface area contributed by atoms with Crippen molar-refractivity contribution in [2.75, 3.05) is 25.0 Å². The minimum Gasteiger partial charge on any atom is -0.356 e. The lowest BCUT2D eigenvalue weighted by Gasteiger charge is -2.35. The molecule has 4 rings (SSSR count). The number of hydrogen-bond donors (Lipinski definition) is 1. The molecule has 2 aromatic rings. The van der Waals surface area contributed by atoms with E-state index in [9.17, 15) is 4.79 Å². The third kappa shape index (κ3) is 2.87. The number of fused-ring (bicyclic) bond motifs is 2. The highest BCUT2D eigenvalue weighted by atomic mass is 16.2. The van der Waals surface area contributed by atoms with Gasteiger partial charge in [-0.3, -0.25) is 4.79 Å². The Hall–Kier alpha value is -2.11. The van der Waals surface area contributed by atoms with Gasteiger partial charge < -0.3 is 14.8 Å². The van der Waals surface area contributed by atoms with Gasteiger partial charge in [-0.15, -0.1) is 0 Å². The molecule has 6 heteroatoms. The van der Waals surface area contributed by atoms with Crippen LogP contribution in [0.3, 0.4) is 0 Å². The zero-order chi connectivity index (χ0) is 17.6. The van der Waals surface area contributed by atoms with Crippen molar-refractivity contribution < 1.29 is 4.79 Å². The molecule has 3 atom stereocenters. The largest absolute Gasteiger partial charge is 0.356 e. The van der Waals surface area contributed by atoms with Gasteiger partial charge in [0, 0.05) is 38.3 Å². The summed E-state index contributed by atoms with van der Waals surface area (Å²) in [7, 11) is 2.15. The average molecular weight is 341 g/mol. The van der Waals surface area contributed by atoms with Crippen molar-refractivity contribution in [2.45, 2.75) is 39.2 Å². The average Bonchev–Trinajstić information content (AvgIpc) is 3.25. The Balaban J connectivity index is 1.49. The Bertz CT molecular complexity index is 770. The second-order valence-corrected chi connectivity index (χ2v) is 7.92. The van der Waals surface area contributed by atoms with Gasteiger partial charge in [0.05, 0.1) is 5.39 Å². The van der Waals surface area contributed by atoms with Crippen LogP contribution < -0.4 is 4.90 Å². The fourth-order valence-electron chi connectivity index (χ4n) is 4.65. The highest BCUT2D eigenvalue weighted by molar-refractivity contribution is 5.87. The smallest absolute Gasteiger partial charge is 0.225 e. The first-order chi connectivity index (χ1) is 12.0. The number of likely N-dealkylation sites (tertiary alicyclic amines) is 1. The molecule has 2 fully saturated rings. The van der Waals surface area contributed by atoms with Crippen LogP contribution in [0.4, 0.5) is 5.82 Å². The van der Waals surface area contributed by atoms with E-state index in [1.807, 2.05) is 26.1 Å². The van der Waals surface area contributed by atoms with E-state index in [4.69, 9.17) is 0 Å². The highest BCUT2D eigenvalue weighted by Gasteiger charge is 2.41. The molecule has 134 valence electrons. The topological polar surface area (TPSA) is 65.1 Å². The molecule has 25 heavy (non-hydrogen) atoms. The van der Waals surface area contributed by atoms with E-state index < -0.39 is 0 Å². The van der Waals surface area contributed by atoms with Crippen LogP contribution in [0.1, 0.15) is 33.1 Å². The Labute approximate surface area is 148 Å². The van der Waals surface area contributed by atoms with E-state index in [1.54, 1.807) is 6.33 Å². The predicted molar refractivity (Wildman–Crippen MR) is 98.3 cm³/mol. The van der Waals surface area contributed by atoms with Crippen LogP contribution in [-0.4, -0.2) is 51.9 Å². The number of H-pyrrole nitrogens is 1. The number of nitrogens with zero attached hydrogens (tertiary/aromatic N) is 4. The highest BCUT2D eigenvalue weighted by Crippen LogP contribution is 2.41. The molecule has 1 saturated carbocycles. The maximum atomic E-state index is 12.3. The molecule has 0 bridgehead atoms. The molecule has 1 saturated heterocycles. The fourth-order valence-corrected chi connectivity index (χ4v) is 4.65. The van der Waals surface area contributed by atoms with E-state index in [0.717, 1.165) is 48.7 Å². The summed E-state index contributed by atoms with van der Waals surface area (Å²) in [4.78, 5) is 28.7. The summed E-state index contributed by atoms with van der Waals surface area (Å²) in [6, 6.07) is 2.53. The number of piperidine rings is 1. The molecule has 1 aliphatic carbocycles. The molecule has 1 amide bonds. The molecule has 6 nitrogen and oxygen atoms in total. The summed E-state index contributed by atoms with van der Waals surface area (Å²) in [6.45, 7) is 5.84. The van der Waals surface area contributed by atoms with E-state index >= 15 is 0 Å². The first kappa shape index (κ1) is 16.4. The van der Waals surface area contributed by atoms with Crippen LogP contribution in [-0.2, 0) is 4.79 Å². The summed E-state index contributed by atoms with van der Waals surface area (Å²) >= 11 is 0. The Morgan fingerprint density at radius 3 is 2.92 bits per heavy atom. The molecular formula is C19H27N5O. The number of amides is 1. The molecule has 2 aromatic heterocycles. The Morgan fingerprint density at radius 2 is 2.12 bits per heavy atom. The Kier molecular flexibility index (Phi) is 4.13. The third-order valence-electron chi connectivity index (χ3n) is 6.06. The zero-order valence-corrected chi connectivity index (χ0v) is 15.3. The lowest BCUT2D eigenvalue weighted by atomic mass is 9.88. The van der Waals surface area contributed by atoms with Crippen LogP contribution in [0.25, 0.3) is 11.0 Å². The van der Waals surface area contributed by atoms with Gasteiger partial charge in [-0.1, -0.05) is 13.8 Å². The number of aromatic nitrogens is 3. The van der Waals surface area contributed by atoms with Crippen molar-refractivity contribution in [3.05, 3.63) is 18.6 Å². The van der Waals surface area contributed by atoms with Gasteiger partial charge in [-0.25, -0.2) is 9.97 Å². The van der Waals surface area contributed by atoms with Gasteiger partial charge in [-0.2, -0.15) is 0 Å². The second-order valence-electron chi connectivity index (χ2n) is 7.92. The molecule has 0 aromatic carbocycles. The third-order valence-corrected chi connectivity index (χ3v) is 6.06. The number of carbonyl (C=O) groups excluding carboxylic acids is 1. The van der Waals surface area contributed by atoms with Crippen LogP contribution in [0.2, 0.25) is 0 Å². The van der Waals surface area contributed by atoms with Gasteiger partial charge in [-0.05, 0) is 37.2 Å². The standard InChI is InChI=1S/C19H27N5O/c1-12(2)19(25)24-7-5-13-8-15(9-14(13)10-24)23(3)18-16-4-6-20-17(16)21-11-22-18/h4,6,11-15H,5,7-10H2,1-3H3,(H,20,21,22)/t13?,14?,15-/m1/s1. The molecule has 3 heterocycles. The SMILES string of the molecule is CC(C)C(=O)N1CCC2C[C@@H](N(C)c3ncnc4[nH]ccc34)CC2C1. The minimum absolute atomic E-state index is 0.0966. The van der Waals surface area contributed by atoms with Gasteiger partial charge >= 0.3 is 0 Å². The molecule has 1 N–H and O–H groups in total. The Morgan fingerprint density at radius 1 is 1.32 bits per heavy atom. The summed E-state index contributed by atoms with van der Waals surface area (Å²) in [5, 5.41) is 1.08. The minimum atomic E-state index is 0.0966. The second kappa shape index (κ2) is 6.32. The lowest BCUT2D eigenvalue weighted by molar-refractivity contribution is -0.136. The summed E-state index contributed by atoms with van der Waals surface area (Å²) in [5.74, 6) is 2.75. The van der Waals surface area contributed by atoms with Gasteiger partial charge in [0.25, 0.3) is 0 Å². The van der Waals surface area contributed by atoms with E-state index in [2.05, 4.69) is 31.8 Å². The van der Waals surface area contributed by atoms with Crippen molar-refractivity contribution in [3.8, 4) is 0 Å². The quantitative estimate of drug-likeness (QED) is 0.932. The maximum Gasteiger partial charge on any atom is 0.225 e. The summed E-state index contributed by atoms with van der Waals surface area (Å²) < 4.78 is 0. The zero-order valence-electron chi connectivity index (χ0n) is 15.3. The number of aromatic amines is 1. The van der Waals surface area contributed by atoms with Crippen LogP contribution in [0.15, 0.2) is 18.6 Å². The van der Waals surface area contributed by atoms with Crippen molar-refractivity contribution in [3.63, 3.8) is 0 Å². The van der Waals surface area contributed by atoms with E-state index in [0.29, 0.717) is 17.9 Å². The normalized spacial score (nSPS) is 26.2. The number of rotatable bonds is 3. The van der Waals surface area contributed by atoms with Gasteiger partial charge in [0.2, 0.25) is 5.91 Å².